The lowest BCUT2D eigenvalue weighted by Gasteiger charge is -2.14. The predicted octanol–water partition coefficient (Wildman–Crippen LogP) is 2.73. The summed E-state index contributed by atoms with van der Waals surface area (Å²) in [6, 6.07) is 13.5. The van der Waals surface area contributed by atoms with Crippen LogP contribution in [0.5, 0.6) is 0 Å². The van der Waals surface area contributed by atoms with Crippen molar-refractivity contribution in [2.45, 2.75) is 19.4 Å². The van der Waals surface area contributed by atoms with Crippen LogP contribution >= 0.6 is 0 Å². The molecule has 82 valence electrons. The minimum Gasteiger partial charge on any atom is -0.382 e. The van der Waals surface area contributed by atoms with Crippen molar-refractivity contribution in [3.05, 3.63) is 65.5 Å². The Labute approximate surface area is 95.6 Å². The first-order valence-corrected chi connectivity index (χ1v) is 5.49. The molecule has 0 radical (unpaired) electrons. The smallest absolute Gasteiger partial charge is 0.121 e. The molecule has 0 aliphatic rings. The molecular formula is C14H15NO. The van der Waals surface area contributed by atoms with Crippen LogP contribution in [0.25, 0.3) is 0 Å². The Morgan fingerprint density at radius 2 is 1.88 bits per heavy atom. The molecule has 1 N–H and O–H groups in total. The third-order valence-electron chi connectivity index (χ3n) is 2.70. The van der Waals surface area contributed by atoms with Crippen LogP contribution < -0.4 is 0 Å². The molecule has 2 rings (SSSR count). The number of benzene rings is 1. The standard InChI is InChI=1S/C14H15NO/c1-2-11-7-3-4-8-12(11)14(16)13-9-5-6-10-15-13/h3-10,14,16H,2H2,1H3/t14-/m0/s1. The molecule has 2 nitrogen and oxygen atoms in total. The molecule has 1 aromatic carbocycles. The Morgan fingerprint density at radius 3 is 2.56 bits per heavy atom. The van der Waals surface area contributed by atoms with Crippen molar-refractivity contribution in [1.29, 1.82) is 0 Å². The molecule has 0 aliphatic heterocycles. The Hall–Kier alpha value is -1.67. The van der Waals surface area contributed by atoms with Gasteiger partial charge in [0.15, 0.2) is 0 Å². The van der Waals surface area contributed by atoms with Gasteiger partial charge in [0.25, 0.3) is 0 Å². The number of rotatable bonds is 3. The van der Waals surface area contributed by atoms with Gasteiger partial charge in [-0.3, -0.25) is 4.98 Å². The van der Waals surface area contributed by atoms with Gasteiger partial charge in [-0.2, -0.15) is 0 Å². The molecule has 0 saturated heterocycles. The van der Waals surface area contributed by atoms with E-state index in [1.54, 1.807) is 6.20 Å². The van der Waals surface area contributed by atoms with Gasteiger partial charge in [-0.05, 0) is 29.7 Å². The summed E-state index contributed by atoms with van der Waals surface area (Å²) in [5, 5.41) is 10.2. The van der Waals surface area contributed by atoms with Gasteiger partial charge in [0.1, 0.15) is 6.10 Å². The average Bonchev–Trinajstić information content (AvgIpc) is 2.39. The fourth-order valence-corrected chi connectivity index (χ4v) is 1.82. The van der Waals surface area contributed by atoms with Crippen LogP contribution in [0.3, 0.4) is 0 Å². The van der Waals surface area contributed by atoms with E-state index in [-0.39, 0.29) is 0 Å². The number of aliphatic hydroxyl groups is 1. The number of nitrogens with zero attached hydrogens (tertiary/aromatic N) is 1. The van der Waals surface area contributed by atoms with Crippen molar-refractivity contribution < 1.29 is 5.11 Å². The Morgan fingerprint density at radius 1 is 1.12 bits per heavy atom. The molecule has 1 aromatic heterocycles. The molecule has 0 aliphatic carbocycles. The number of aryl methyl sites for hydroxylation is 1. The highest BCUT2D eigenvalue weighted by Crippen LogP contribution is 2.23. The molecule has 0 amide bonds. The minimum absolute atomic E-state index is 0.627. The maximum atomic E-state index is 10.2. The number of hydrogen-bond acceptors (Lipinski definition) is 2. The zero-order chi connectivity index (χ0) is 11.4. The molecule has 2 heteroatoms. The van der Waals surface area contributed by atoms with Crippen molar-refractivity contribution >= 4 is 0 Å². The zero-order valence-electron chi connectivity index (χ0n) is 9.30. The van der Waals surface area contributed by atoms with E-state index in [9.17, 15) is 5.11 Å². The van der Waals surface area contributed by atoms with Crippen molar-refractivity contribution in [2.24, 2.45) is 0 Å². The van der Waals surface area contributed by atoms with Crippen LogP contribution in [-0.2, 0) is 6.42 Å². The highest BCUT2D eigenvalue weighted by atomic mass is 16.3. The monoisotopic (exact) mass is 213 g/mol. The fraction of sp³-hybridized carbons (Fsp3) is 0.214. The summed E-state index contributed by atoms with van der Waals surface area (Å²) in [5.74, 6) is 0. The number of pyridine rings is 1. The van der Waals surface area contributed by atoms with Crippen molar-refractivity contribution in [2.75, 3.05) is 0 Å². The maximum absolute atomic E-state index is 10.2. The number of hydrogen-bond donors (Lipinski definition) is 1. The van der Waals surface area contributed by atoms with Crippen LogP contribution in [0.2, 0.25) is 0 Å². The van der Waals surface area contributed by atoms with Crippen LogP contribution in [0, 0.1) is 0 Å². The summed E-state index contributed by atoms with van der Waals surface area (Å²) in [4.78, 5) is 4.18. The summed E-state index contributed by atoms with van der Waals surface area (Å²) >= 11 is 0. The highest BCUT2D eigenvalue weighted by molar-refractivity contribution is 5.33. The summed E-state index contributed by atoms with van der Waals surface area (Å²) in [6.07, 6.45) is 1.99. The zero-order valence-corrected chi connectivity index (χ0v) is 9.30. The quantitative estimate of drug-likeness (QED) is 0.850. The fourth-order valence-electron chi connectivity index (χ4n) is 1.82. The Kier molecular flexibility index (Phi) is 3.32. The van der Waals surface area contributed by atoms with Gasteiger partial charge < -0.3 is 5.11 Å². The lowest BCUT2D eigenvalue weighted by atomic mass is 9.98. The van der Waals surface area contributed by atoms with Crippen LogP contribution in [0.1, 0.15) is 29.8 Å². The van der Waals surface area contributed by atoms with Crippen LogP contribution in [0.15, 0.2) is 48.7 Å². The summed E-state index contributed by atoms with van der Waals surface area (Å²) in [5.41, 5.74) is 2.81. The maximum Gasteiger partial charge on any atom is 0.121 e. The van der Waals surface area contributed by atoms with E-state index >= 15 is 0 Å². The predicted molar refractivity (Wildman–Crippen MR) is 64.1 cm³/mol. The summed E-state index contributed by atoms with van der Waals surface area (Å²) in [7, 11) is 0. The number of aromatic nitrogens is 1. The summed E-state index contributed by atoms with van der Waals surface area (Å²) in [6.45, 7) is 2.09. The molecular weight excluding hydrogens is 198 g/mol. The Balaban J connectivity index is 2.37. The van der Waals surface area contributed by atoms with Gasteiger partial charge in [0.05, 0.1) is 5.69 Å². The van der Waals surface area contributed by atoms with Gasteiger partial charge in [-0.15, -0.1) is 0 Å². The third kappa shape index (κ3) is 2.12. The largest absolute Gasteiger partial charge is 0.382 e. The SMILES string of the molecule is CCc1ccccc1[C@H](O)c1ccccn1. The first-order valence-electron chi connectivity index (χ1n) is 5.49. The normalized spacial score (nSPS) is 12.4. The van der Waals surface area contributed by atoms with Gasteiger partial charge >= 0.3 is 0 Å². The van der Waals surface area contributed by atoms with Gasteiger partial charge in [-0.25, -0.2) is 0 Å². The molecule has 2 aromatic rings. The molecule has 0 spiro atoms. The van der Waals surface area contributed by atoms with Crippen molar-refractivity contribution in [3.63, 3.8) is 0 Å². The van der Waals surface area contributed by atoms with E-state index in [4.69, 9.17) is 0 Å². The average molecular weight is 213 g/mol. The lowest BCUT2D eigenvalue weighted by molar-refractivity contribution is 0.214. The second-order valence-corrected chi connectivity index (χ2v) is 3.71. The van der Waals surface area contributed by atoms with E-state index in [1.165, 1.54) is 5.56 Å². The van der Waals surface area contributed by atoms with Crippen LogP contribution in [0.4, 0.5) is 0 Å². The highest BCUT2D eigenvalue weighted by Gasteiger charge is 2.13. The van der Waals surface area contributed by atoms with Gasteiger partial charge in [0.2, 0.25) is 0 Å². The summed E-state index contributed by atoms with van der Waals surface area (Å²) < 4.78 is 0. The molecule has 1 atom stereocenters. The molecule has 0 fully saturated rings. The van der Waals surface area contributed by atoms with E-state index in [2.05, 4.69) is 11.9 Å². The van der Waals surface area contributed by atoms with Crippen molar-refractivity contribution in [3.8, 4) is 0 Å². The van der Waals surface area contributed by atoms with Gasteiger partial charge in [-0.1, -0.05) is 37.3 Å². The van der Waals surface area contributed by atoms with E-state index in [0.717, 1.165) is 12.0 Å². The van der Waals surface area contributed by atoms with E-state index in [1.807, 2.05) is 42.5 Å². The topological polar surface area (TPSA) is 33.1 Å². The van der Waals surface area contributed by atoms with E-state index in [0.29, 0.717) is 5.69 Å². The van der Waals surface area contributed by atoms with E-state index < -0.39 is 6.10 Å². The molecule has 1 heterocycles. The van der Waals surface area contributed by atoms with Gasteiger partial charge in [0, 0.05) is 6.20 Å². The first kappa shape index (κ1) is 10.8. The Bertz CT molecular complexity index is 453. The van der Waals surface area contributed by atoms with Crippen molar-refractivity contribution in [1.82, 2.24) is 4.98 Å². The molecule has 0 unspecified atom stereocenters. The molecule has 0 bridgehead atoms. The second-order valence-electron chi connectivity index (χ2n) is 3.71. The van der Waals surface area contributed by atoms with Crippen LogP contribution in [-0.4, -0.2) is 10.1 Å². The first-order chi connectivity index (χ1) is 7.83. The molecule has 0 saturated carbocycles. The third-order valence-corrected chi connectivity index (χ3v) is 2.70. The second kappa shape index (κ2) is 4.90. The lowest BCUT2D eigenvalue weighted by Crippen LogP contribution is -2.04. The minimum atomic E-state index is -0.627. The molecule has 16 heavy (non-hydrogen) atoms. The number of aliphatic hydroxyl groups excluding tert-OH is 1.